The number of rotatable bonds is 3. The highest BCUT2D eigenvalue weighted by Gasteiger charge is 2.01. The molecular formula is C4H10N2O2S. The van der Waals surface area contributed by atoms with Crippen LogP contribution in [0.25, 0.3) is 0 Å². The zero-order valence-corrected chi connectivity index (χ0v) is 5.77. The lowest BCUT2D eigenvalue weighted by Crippen LogP contribution is -2.11. The summed E-state index contributed by atoms with van der Waals surface area (Å²) in [5.74, 6) is 0.126. The van der Waals surface area contributed by atoms with E-state index in [2.05, 4.69) is 0 Å². The molecule has 0 saturated carbocycles. The van der Waals surface area contributed by atoms with E-state index in [4.69, 9.17) is 19.5 Å². The van der Waals surface area contributed by atoms with Crippen LogP contribution in [0.15, 0.2) is 0 Å². The van der Waals surface area contributed by atoms with Gasteiger partial charge in [-0.3, -0.25) is 9.11 Å². The first-order valence-electron chi connectivity index (χ1n) is 2.47. The second-order valence-electron chi connectivity index (χ2n) is 1.68. The van der Waals surface area contributed by atoms with Crippen molar-refractivity contribution in [2.24, 2.45) is 5.14 Å². The average molecular weight is 150 g/mol. The van der Waals surface area contributed by atoms with Crippen molar-refractivity contribution in [1.82, 2.24) is 0 Å². The molecule has 0 unspecified atom stereocenters. The van der Waals surface area contributed by atoms with Gasteiger partial charge in [-0.1, -0.05) is 0 Å². The monoisotopic (exact) mass is 150 g/mol. The van der Waals surface area contributed by atoms with E-state index in [0.717, 1.165) is 0 Å². The third kappa shape index (κ3) is 7.72. The Kier molecular flexibility index (Phi) is 3.58. The third-order valence-electron chi connectivity index (χ3n) is 0.733. The number of nitrogens with zero attached hydrogens (tertiary/aromatic N) is 1. The van der Waals surface area contributed by atoms with Crippen LogP contribution in [0.1, 0.15) is 12.8 Å². The standard InChI is InChI=1S/C4H10N2O2S/c5-3-1-2-4-9(6,7)8/h7-8H,1-2,4,6H2. The molecule has 0 aliphatic carbocycles. The van der Waals surface area contributed by atoms with E-state index in [9.17, 15) is 0 Å². The molecule has 0 bridgehead atoms. The van der Waals surface area contributed by atoms with Gasteiger partial charge in [0.05, 0.1) is 11.8 Å². The summed E-state index contributed by atoms with van der Waals surface area (Å²) >= 11 is 0. The van der Waals surface area contributed by atoms with E-state index in [1.165, 1.54) is 0 Å². The van der Waals surface area contributed by atoms with Crippen molar-refractivity contribution in [1.29, 1.82) is 5.26 Å². The molecule has 0 fully saturated rings. The van der Waals surface area contributed by atoms with E-state index in [0.29, 0.717) is 12.8 Å². The first kappa shape index (κ1) is 8.72. The fraction of sp³-hybridized carbons (Fsp3) is 0.750. The Morgan fingerprint density at radius 2 is 2.11 bits per heavy atom. The van der Waals surface area contributed by atoms with Gasteiger partial charge in [-0.15, -0.1) is 10.8 Å². The number of unbranched alkanes of at least 4 members (excludes halogenated alkanes) is 1. The summed E-state index contributed by atoms with van der Waals surface area (Å²) in [4.78, 5) is 0. The van der Waals surface area contributed by atoms with Crippen molar-refractivity contribution < 1.29 is 9.11 Å². The minimum absolute atomic E-state index is 0.126. The van der Waals surface area contributed by atoms with Crippen LogP contribution in [0.4, 0.5) is 0 Å². The minimum atomic E-state index is -2.85. The quantitative estimate of drug-likeness (QED) is 0.521. The molecule has 4 nitrogen and oxygen atoms in total. The number of nitriles is 1. The molecule has 9 heavy (non-hydrogen) atoms. The summed E-state index contributed by atoms with van der Waals surface area (Å²) in [5, 5.41) is 12.9. The topological polar surface area (TPSA) is 90.3 Å². The van der Waals surface area contributed by atoms with E-state index >= 15 is 0 Å². The van der Waals surface area contributed by atoms with Crippen molar-refractivity contribution in [2.75, 3.05) is 5.75 Å². The summed E-state index contributed by atoms with van der Waals surface area (Å²) in [6.45, 7) is 0. The van der Waals surface area contributed by atoms with Crippen LogP contribution in [0.5, 0.6) is 0 Å². The van der Waals surface area contributed by atoms with E-state index in [-0.39, 0.29) is 5.75 Å². The second kappa shape index (κ2) is 3.69. The van der Waals surface area contributed by atoms with Crippen LogP contribution in [-0.4, -0.2) is 14.9 Å². The van der Waals surface area contributed by atoms with Crippen molar-refractivity contribution in [3.8, 4) is 6.07 Å². The zero-order valence-electron chi connectivity index (χ0n) is 4.95. The highest BCUT2D eigenvalue weighted by Crippen LogP contribution is 2.28. The molecule has 0 rings (SSSR count). The summed E-state index contributed by atoms with van der Waals surface area (Å²) in [6, 6.07) is 1.88. The maximum atomic E-state index is 8.55. The van der Waals surface area contributed by atoms with Crippen LogP contribution in [0.3, 0.4) is 0 Å². The van der Waals surface area contributed by atoms with Gasteiger partial charge in [-0.05, 0) is 6.42 Å². The first-order valence-corrected chi connectivity index (χ1v) is 4.25. The lowest BCUT2D eigenvalue weighted by atomic mass is 10.4. The predicted molar refractivity (Wildman–Crippen MR) is 36.7 cm³/mol. The molecular weight excluding hydrogens is 140 g/mol. The van der Waals surface area contributed by atoms with Crippen molar-refractivity contribution in [3.63, 3.8) is 0 Å². The summed E-state index contributed by atoms with van der Waals surface area (Å²) in [7, 11) is -2.85. The molecule has 0 heterocycles. The van der Waals surface area contributed by atoms with Crippen LogP contribution in [0.2, 0.25) is 0 Å². The van der Waals surface area contributed by atoms with Gasteiger partial charge in [0.1, 0.15) is 0 Å². The fourth-order valence-corrected chi connectivity index (χ4v) is 0.933. The third-order valence-corrected chi connectivity index (χ3v) is 1.62. The lowest BCUT2D eigenvalue weighted by Gasteiger charge is -2.25. The van der Waals surface area contributed by atoms with Gasteiger partial charge < -0.3 is 0 Å². The Balaban J connectivity index is 3.20. The summed E-state index contributed by atoms with van der Waals surface area (Å²) in [6.07, 6.45) is 0.780. The molecule has 0 saturated heterocycles. The number of hydrogen-bond acceptors (Lipinski definition) is 4. The minimum Gasteiger partial charge on any atom is -0.286 e. The molecule has 0 spiro atoms. The van der Waals surface area contributed by atoms with E-state index in [1.807, 2.05) is 6.07 Å². The van der Waals surface area contributed by atoms with Gasteiger partial charge >= 0.3 is 0 Å². The van der Waals surface area contributed by atoms with Gasteiger partial charge in [0.15, 0.2) is 0 Å². The van der Waals surface area contributed by atoms with E-state index < -0.39 is 10.8 Å². The zero-order chi connectivity index (χ0) is 7.33. The molecule has 0 aromatic heterocycles. The van der Waals surface area contributed by atoms with Crippen LogP contribution in [-0.2, 0) is 0 Å². The van der Waals surface area contributed by atoms with E-state index in [1.54, 1.807) is 0 Å². The fourth-order valence-electron chi connectivity index (χ4n) is 0.364. The Morgan fingerprint density at radius 3 is 2.44 bits per heavy atom. The summed E-state index contributed by atoms with van der Waals surface area (Å²) in [5.41, 5.74) is 0. The Morgan fingerprint density at radius 1 is 1.56 bits per heavy atom. The lowest BCUT2D eigenvalue weighted by molar-refractivity contribution is 0.487. The molecule has 0 atom stereocenters. The SMILES string of the molecule is N#CCCCS(N)(O)O. The average Bonchev–Trinajstić information content (AvgIpc) is 1.63. The van der Waals surface area contributed by atoms with Gasteiger partial charge in [0, 0.05) is 6.42 Å². The number of nitrogens with two attached hydrogens (primary N) is 1. The maximum Gasteiger partial charge on any atom is 0.0622 e. The van der Waals surface area contributed by atoms with Crippen LogP contribution < -0.4 is 5.14 Å². The highest BCUT2D eigenvalue weighted by atomic mass is 32.3. The molecule has 0 radical (unpaired) electrons. The first-order chi connectivity index (χ1) is 4.06. The van der Waals surface area contributed by atoms with Crippen LogP contribution in [0, 0.1) is 11.3 Å². The molecule has 0 aromatic rings. The smallest absolute Gasteiger partial charge is 0.0622 e. The predicted octanol–water partition coefficient (Wildman–Crippen LogP) is 0.914. The molecule has 0 aliphatic heterocycles. The van der Waals surface area contributed by atoms with Gasteiger partial charge in [0.25, 0.3) is 0 Å². The summed E-state index contributed by atoms with van der Waals surface area (Å²) < 4.78 is 17.1. The van der Waals surface area contributed by atoms with Crippen molar-refractivity contribution in [2.45, 2.75) is 12.8 Å². The Bertz CT molecular complexity index is 115. The second-order valence-corrected chi connectivity index (χ2v) is 3.53. The largest absolute Gasteiger partial charge is 0.286 e. The Hall–Kier alpha value is -0.280. The number of hydrogen-bond donors (Lipinski definition) is 3. The molecule has 4 N–H and O–H groups in total. The normalized spacial score (nSPS) is 12.7. The highest BCUT2D eigenvalue weighted by molar-refractivity contribution is 8.22. The van der Waals surface area contributed by atoms with Gasteiger partial charge in [-0.25, -0.2) is 5.14 Å². The van der Waals surface area contributed by atoms with Crippen molar-refractivity contribution in [3.05, 3.63) is 0 Å². The molecule has 54 valence electrons. The molecule has 0 aromatic carbocycles. The maximum absolute atomic E-state index is 8.55. The van der Waals surface area contributed by atoms with Gasteiger partial charge in [0.2, 0.25) is 0 Å². The molecule has 0 aliphatic rings. The van der Waals surface area contributed by atoms with Crippen molar-refractivity contribution >= 4 is 10.8 Å². The molecule has 0 amide bonds. The Labute approximate surface area is 55.8 Å². The van der Waals surface area contributed by atoms with Crippen LogP contribution >= 0.6 is 10.8 Å². The molecule has 5 heteroatoms. The van der Waals surface area contributed by atoms with Gasteiger partial charge in [-0.2, -0.15) is 5.26 Å².